The molecule has 27 heavy (non-hydrogen) atoms. The summed E-state index contributed by atoms with van der Waals surface area (Å²) in [5.41, 5.74) is 1.94. The maximum absolute atomic E-state index is 12.9. The summed E-state index contributed by atoms with van der Waals surface area (Å²) in [5.74, 6) is 0.307. The fourth-order valence-corrected chi connectivity index (χ4v) is 3.51. The smallest absolute Gasteiger partial charge is 0.256 e. The number of likely N-dealkylation sites (tertiary alicyclic amines) is 1. The molecular weight excluding hydrogens is 338 g/mol. The number of carbonyl (C=O) groups is 1. The van der Waals surface area contributed by atoms with Crippen molar-refractivity contribution in [3.8, 4) is 0 Å². The molecule has 144 valence electrons. The molecule has 1 saturated heterocycles. The van der Waals surface area contributed by atoms with E-state index in [4.69, 9.17) is 0 Å². The molecule has 1 fully saturated rings. The molecule has 0 radical (unpaired) electrons. The predicted octanol–water partition coefficient (Wildman–Crippen LogP) is 2.85. The van der Waals surface area contributed by atoms with E-state index in [0.717, 1.165) is 17.7 Å². The average molecular weight is 367 g/mol. The summed E-state index contributed by atoms with van der Waals surface area (Å²) < 4.78 is 0. The number of nitrogens with zero attached hydrogens (tertiary/aromatic N) is 2. The maximum Gasteiger partial charge on any atom is 0.256 e. The van der Waals surface area contributed by atoms with Gasteiger partial charge in [-0.1, -0.05) is 44.2 Å². The van der Waals surface area contributed by atoms with Gasteiger partial charge in [0.25, 0.3) is 5.91 Å². The third-order valence-electron chi connectivity index (χ3n) is 5.17. The summed E-state index contributed by atoms with van der Waals surface area (Å²) in [6.07, 6.45) is 3.03. The van der Waals surface area contributed by atoms with Crippen LogP contribution in [0.25, 0.3) is 0 Å². The molecule has 2 aromatic rings. The van der Waals surface area contributed by atoms with Crippen LogP contribution in [-0.4, -0.2) is 39.6 Å². The Morgan fingerprint density at radius 3 is 2.67 bits per heavy atom. The van der Waals surface area contributed by atoms with Crippen LogP contribution in [0.3, 0.4) is 0 Å². The van der Waals surface area contributed by atoms with Crippen molar-refractivity contribution >= 4 is 5.91 Å². The zero-order valence-corrected chi connectivity index (χ0v) is 16.2. The van der Waals surface area contributed by atoms with Gasteiger partial charge in [-0.15, -0.1) is 0 Å². The Kier molecular flexibility index (Phi) is 6.24. The van der Waals surface area contributed by atoms with Crippen molar-refractivity contribution in [3.63, 3.8) is 0 Å². The topological polar surface area (TPSA) is 65.5 Å². The molecular formula is C22H29N3O2. The Morgan fingerprint density at radius 1 is 1.22 bits per heavy atom. The molecule has 1 amide bonds. The van der Waals surface area contributed by atoms with E-state index in [9.17, 15) is 9.90 Å². The molecule has 0 spiro atoms. The van der Waals surface area contributed by atoms with E-state index in [0.29, 0.717) is 32.0 Å². The first kappa shape index (κ1) is 19.5. The van der Waals surface area contributed by atoms with Gasteiger partial charge in [-0.2, -0.15) is 0 Å². The number of pyridine rings is 1. The first-order valence-corrected chi connectivity index (χ1v) is 9.69. The highest BCUT2D eigenvalue weighted by Gasteiger charge is 2.41. The van der Waals surface area contributed by atoms with Crippen LogP contribution in [0.2, 0.25) is 0 Å². The summed E-state index contributed by atoms with van der Waals surface area (Å²) in [7, 11) is 0. The number of aromatic nitrogens is 1. The van der Waals surface area contributed by atoms with Crippen molar-refractivity contribution < 1.29 is 9.90 Å². The van der Waals surface area contributed by atoms with Crippen LogP contribution in [0.1, 0.15) is 49.4 Å². The molecule has 1 aromatic carbocycles. The molecule has 1 atom stereocenters. The number of hydrogen-bond donors (Lipinski definition) is 2. The van der Waals surface area contributed by atoms with E-state index in [1.165, 1.54) is 5.56 Å². The second kappa shape index (κ2) is 8.63. The minimum atomic E-state index is -1.34. The van der Waals surface area contributed by atoms with Crippen molar-refractivity contribution in [1.29, 1.82) is 0 Å². The van der Waals surface area contributed by atoms with Crippen LogP contribution in [0.4, 0.5) is 0 Å². The van der Waals surface area contributed by atoms with Gasteiger partial charge in [0, 0.05) is 32.4 Å². The molecule has 1 aliphatic heterocycles. The first-order valence-electron chi connectivity index (χ1n) is 9.69. The molecule has 5 heteroatoms. The normalized spacial score (nSPS) is 20.3. The largest absolute Gasteiger partial charge is 0.379 e. The fraction of sp³-hybridized carbons (Fsp3) is 0.455. The summed E-state index contributed by atoms with van der Waals surface area (Å²) in [6, 6.07) is 14.1. The van der Waals surface area contributed by atoms with Crippen molar-refractivity contribution in [2.75, 3.05) is 13.1 Å². The monoisotopic (exact) mass is 367 g/mol. The number of nitrogens with one attached hydrogen (secondary N) is 1. The molecule has 3 rings (SSSR count). The van der Waals surface area contributed by atoms with Crippen LogP contribution in [0, 0.1) is 0 Å². The summed E-state index contributed by atoms with van der Waals surface area (Å²) in [6.45, 7) is 6.34. The second-order valence-electron chi connectivity index (χ2n) is 7.68. The maximum atomic E-state index is 12.9. The highest BCUT2D eigenvalue weighted by molar-refractivity contribution is 5.86. The number of rotatable bonds is 7. The third-order valence-corrected chi connectivity index (χ3v) is 5.17. The van der Waals surface area contributed by atoms with Gasteiger partial charge in [0.1, 0.15) is 0 Å². The van der Waals surface area contributed by atoms with Gasteiger partial charge in [-0.25, -0.2) is 0 Å². The third kappa shape index (κ3) is 4.93. The summed E-state index contributed by atoms with van der Waals surface area (Å²) in [5, 5.41) is 14.1. The van der Waals surface area contributed by atoms with Crippen molar-refractivity contribution in [2.45, 2.75) is 51.3 Å². The zero-order valence-electron chi connectivity index (χ0n) is 16.2. The number of aliphatic hydroxyl groups is 1. The summed E-state index contributed by atoms with van der Waals surface area (Å²) >= 11 is 0. The molecule has 0 bridgehead atoms. The highest BCUT2D eigenvalue weighted by Crippen LogP contribution is 2.24. The molecule has 5 nitrogen and oxygen atoms in total. The molecule has 0 saturated carbocycles. The standard InChI is InChI=1S/C22H29N3O2/c1-17(2)19-9-7-18(8-10-19)15-25-13-5-11-22(27,21(25)26)16-23-14-20-6-3-4-12-24-20/h3-4,6-10,12,17,23,27H,5,11,13-16H2,1-2H3/t22-/m1/s1. The number of hydrogen-bond acceptors (Lipinski definition) is 4. The van der Waals surface area contributed by atoms with Crippen LogP contribution in [-0.2, 0) is 17.9 Å². The Balaban J connectivity index is 1.58. The van der Waals surface area contributed by atoms with Gasteiger partial charge in [-0.3, -0.25) is 9.78 Å². The molecule has 1 aromatic heterocycles. The average Bonchev–Trinajstić information content (AvgIpc) is 2.67. The van der Waals surface area contributed by atoms with E-state index in [1.807, 2.05) is 18.2 Å². The second-order valence-corrected chi connectivity index (χ2v) is 7.68. The van der Waals surface area contributed by atoms with Crippen molar-refractivity contribution in [1.82, 2.24) is 15.2 Å². The quantitative estimate of drug-likeness (QED) is 0.790. The van der Waals surface area contributed by atoms with Gasteiger partial charge < -0.3 is 15.3 Å². The van der Waals surface area contributed by atoms with Gasteiger partial charge in [0.15, 0.2) is 5.60 Å². The SMILES string of the molecule is CC(C)c1ccc(CN2CCC[C@@](O)(CNCc3ccccn3)C2=O)cc1. The van der Waals surface area contributed by atoms with Crippen molar-refractivity contribution in [3.05, 3.63) is 65.5 Å². The fourth-order valence-electron chi connectivity index (χ4n) is 3.51. The predicted molar refractivity (Wildman–Crippen MR) is 106 cm³/mol. The van der Waals surface area contributed by atoms with Gasteiger partial charge >= 0.3 is 0 Å². The van der Waals surface area contributed by atoms with Crippen LogP contribution >= 0.6 is 0 Å². The molecule has 0 aliphatic carbocycles. The minimum Gasteiger partial charge on any atom is -0.379 e. The Hall–Kier alpha value is -2.24. The molecule has 2 heterocycles. The lowest BCUT2D eigenvalue weighted by Crippen LogP contribution is -2.57. The summed E-state index contributed by atoms with van der Waals surface area (Å²) in [4.78, 5) is 18.9. The Bertz CT molecular complexity index is 746. The Labute approximate surface area is 161 Å². The van der Waals surface area contributed by atoms with Crippen LogP contribution < -0.4 is 5.32 Å². The lowest BCUT2D eigenvalue weighted by Gasteiger charge is -2.38. The van der Waals surface area contributed by atoms with Gasteiger partial charge in [0.2, 0.25) is 0 Å². The number of amides is 1. The van der Waals surface area contributed by atoms with Gasteiger partial charge in [-0.05, 0) is 42.0 Å². The van der Waals surface area contributed by atoms with E-state index in [1.54, 1.807) is 11.1 Å². The number of carbonyl (C=O) groups excluding carboxylic acids is 1. The van der Waals surface area contributed by atoms with Crippen molar-refractivity contribution in [2.24, 2.45) is 0 Å². The van der Waals surface area contributed by atoms with Crippen LogP contribution in [0.15, 0.2) is 48.7 Å². The number of piperidine rings is 1. The lowest BCUT2D eigenvalue weighted by molar-refractivity contribution is -0.157. The van der Waals surface area contributed by atoms with E-state index < -0.39 is 5.60 Å². The first-order chi connectivity index (χ1) is 13.0. The van der Waals surface area contributed by atoms with Gasteiger partial charge in [0.05, 0.1) is 5.69 Å². The lowest BCUT2D eigenvalue weighted by atomic mass is 9.91. The number of benzene rings is 1. The zero-order chi connectivity index (χ0) is 19.3. The van der Waals surface area contributed by atoms with E-state index in [2.05, 4.69) is 48.4 Å². The Morgan fingerprint density at radius 2 is 2.00 bits per heavy atom. The van der Waals surface area contributed by atoms with E-state index >= 15 is 0 Å². The minimum absolute atomic E-state index is 0.185. The van der Waals surface area contributed by atoms with E-state index in [-0.39, 0.29) is 12.5 Å². The molecule has 2 N–H and O–H groups in total. The molecule has 1 aliphatic rings. The molecule has 0 unspecified atom stereocenters. The highest BCUT2D eigenvalue weighted by atomic mass is 16.3. The van der Waals surface area contributed by atoms with Crippen LogP contribution in [0.5, 0.6) is 0 Å².